The van der Waals surface area contributed by atoms with E-state index < -0.39 is 57.6 Å². The minimum absolute atomic E-state index is 0.153. The van der Waals surface area contributed by atoms with Crippen molar-refractivity contribution in [1.82, 2.24) is 5.32 Å². The Kier molecular flexibility index (Phi) is 34.4. The second-order valence-electron chi connectivity index (χ2n) is 14.2. The highest BCUT2D eigenvalue weighted by Crippen LogP contribution is 2.43. The first-order chi connectivity index (χ1) is 24.6. The number of carbonyl (C=O) groups is 3. The number of nitrogens with one attached hydrogen (secondary N) is 1. The van der Waals surface area contributed by atoms with Gasteiger partial charge in [0.05, 0.1) is 13.2 Å². The lowest BCUT2D eigenvalue weighted by Crippen LogP contribution is -2.43. The number of esters is 1. The van der Waals surface area contributed by atoms with Crippen LogP contribution in [0.25, 0.3) is 0 Å². The van der Waals surface area contributed by atoms with Crippen molar-refractivity contribution in [3.8, 4) is 0 Å². The van der Waals surface area contributed by atoms with Gasteiger partial charge in [-0.2, -0.15) is 0 Å². The summed E-state index contributed by atoms with van der Waals surface area (Å²) in [6.07, 6.45) is 31.8. The molecule has 51 heavy (non-hydrogen) atoms. The first kappa shape index (κ1) is 49.5. The SMILES string of the molecule is CCCCCCCCCCCCCCCCCCCCCCCC(=O)NC(COP(=O)(O)OCC(O)COC(=O)CCCCCCCC)C(=O)O. The normalized spacial score (nSPS) is 13.8. The average Bonchev–Trinajstić information content (AvgIpc) is 3.10. The molecular weight excluding hydrogens is 673 g/mol. The number of rotatable bonds is 39. The van der Waals surface area contributed by atoms with E-state index in [0.717, 1.165) is 44.9 Å². The van der Waals surface area contributed by atoms with Crippen LogP contribution in [0.3, 0.4) is 0 Å². The van der Waals surface area contributed by atoms with Crippen LogP contribution in [-0.2, 0) is 32.7 Å². The van der Waals surface area contributed by atoms with Gasteiger partial charge >= 0.3 is 19.8 Å². The lowest BCUT2D eigenvalue weighted by atomic mass is 10.0. The molecule has 0 fully saturated rings. The summed E-state index contributed by atoms with van der Waals surface area (Å²) in [4.78, 5) is 45.5. The van der Waals surface area contributed by atoms with Gasteiger partial charge in [-0.3, -0.25) is 18.6 Å². The number of carboxylic acids is 1. The smallest absolute Gasteiger partial charge is 0.472 e. The van der Waals surface area contributed by atoms with Crippen molar-refractivity contribution < 1.29 is 47.8 Å². The molecule has 0 radical (unpaired) electrons. The molecule has 3 atom stereocenters. The predicted octanol–water partition coefficient (Wildman–Crippen LogP) is 9.95. The van der Waals surface area contributed by atoms with E-state index in [9.17, 15) is 34.1 Å². The maximum atomic E-state index is 12.3. The summed E-state index contributed by atoms with van der Waals surface area (Å²) in [6.45, 7) is 2.52. The summed E-state index contributed by atoms with van der Waals surface area (Å²) >= 11 is 0. The number of aliphatic hydroxyl groups excluding tert-OH is 1. The van der Waals surface area contributed by atoms with Gasteiger partial charge in [-0.25, -0.2) is 9.36 Å². The number of ether oxygens (including phenoxy) is 1. The van der Waals surface area contributed by atoms with Crippen LogP contribution in [0.5, 0.6) is 0 Å². The van der Waals surface area contributed by atoms with Crippen LogP contribution in [0.4, 0.5) is 0 Å². The molecule has 0 saturated carbocycles. The van der Waals surface area contributed by atoms with Gasteiger partial charge in [0, 0.05) is 12.8 Å². The maximum absolute atomic E-state index is 12.3. The van der Waals surface area contributed by atoms with Crippen molar-refractivity contribution in [2.45, 2.75) is 212 Å². The number of hydrogen-bond acceptors (Lipinski definition) is 8. The Morgan fingerprint density at radius 2 is 0.902 bits per heavy atom. The number of aliphatic hydroxyl groups is 1. The zero-order valence-corrected chi connectivity index (χ0v) is 33.3. The Balaban J connectivity index is 3.82. The van der Waals surface area contributed by atoms with Gasteiger partial charge in [-0.1, -0.05) is 174 Å². The van der Waals surface area contributed by atoms with Crippen molar-refractivity contribution in [1.29, 1.82) is 0 Å². The second-order valence-corrected chi connectivity index (χ2v) is 15.6. The molecule has 0 aromatic carbocycles. The lowest BCUT2D eigenvalue weighted by molar-refractivity contribution is -0.147. The fourth-order valence-corrected chi connectivity index (χ4v) is 6.68. The number of unbranched alkanes of at least 4 members (excludes halogenated alkanes) is 25. The molecule has 0 heterocycles. The van der Waals surface area contributed by atoms with E-state index in [1.54, 1.807) is 0 Å². The fraction of sp³-hybridized carbons (Fsp3) is 0.923. The summed E-state index contributed by atoms with van der Waals surface area (Å²) < 4.78 is 26.6. The van der Waals surface area contributed by atoms with Gasteiger partial charge in [0.1, 0.15) is 12.7 Å². The molecule has 0 rings (SSSR count). The third-order valence-electron chi connectivity index (χ3n) is 9.15. The van der Waals surface area contributed by atoms with Gasteiger partial charge in [0.2, 0.25) is 5.91 Å². The van der Waals surface area contributed by atoms with Gasteiger partial charge in [-0.15, -0.1) is 0 Å². The fourth-order valence-electron chi connectivity index (χ4n) is 5.90. The molecule has 0 bridgehead atoms. The van der Waals surface area contributed by atoms with E-state index in [0.29, 0.717) is 12.8 Å². The number of phosphoric acid groups is 1. The first-order valence-electron chi connectivity index (χ1n) is 20.6. The van der Waals surface area contributed by atoms with Crippen molar-refractivity contribution in [2.75, 3.05) is 19.8 Å². The minimum Gasteiger partial charge on any atom is -0.480 e. The maximum Gasteiger partial charge on any atom is 0.472 e. The van der Waals surface area contributed by atoms with Crippen LogP contribution in [0.2, 0.25) is 0 Å². The zero-order chi connectivity index (χ0) is 37.8. The Hall–Kier alpha value is -1.52. The lowest BCUT2D eigenvalue weighted by Gasteiger charge is -2.18. The molecule has 0 aliphatic heterocycles. The summed E-state index contributed by atoms with van der Waals surface area (Å²) in [6, 6.07) is -1.54. The van der Waals surface area contributed by atoms with Crippen LogP contribution in [0.15, 0.2) is 0 Å². The Bertz CT molecular complexity index is 890. The average molecular weight is 750 g/mol. The van der Waals surface area contributed by atoms with E-state index in [-0.39, 0.29) is 12.8 Å². The number of hydrogen-bond donors (Lipinski definition) is 4. The number of carbonyl (C=O) groups excluding carboxylic acids is 2. The molecule has 0 spiro atoms. The summed E-state index contributed by atoms with van der Waals surface area (Å²) in [5, 5.41) is 21.7. The number of carboxylic acid groups (broad SMARTS) is 1. The molecule has 1 amide bonds. The van der Waals surface area contributed by atoms with E-state index in [1.807, 2.05) is 0 Å². The first-order valence-corrected chi connectivity index (χ1v) is 22.1. The highest BCUT2D eigenvalue weighted by Gasteiger charge is 2.28. The van der Waals surface area contributed by atoms with Crippen LogP contribution in [0.1, 0.15) is 200 Å². The van der Waals surface area contributed by atoms with Crippen LogP contribution in [0, 0.1) is 0 Å². The number of aliphatic carboxylic acids is 1. The monoisotopic (exact) mass is 750 g/mol. The Morgan fingerprint density at radius 3 is 1.29 bits per heavy atom. The van der Waals surface area contributed by atoms with Gasteiger partial charge in [-0.05, 0) is 12.8 Å². The quantitative estimate of drug-likeness (QED) is 0.0270. The van der Waals surface area contributed by atoms with Gasteiger partial charge in [0.25, 0.3) is 0 Å². The molecule has 0 aliphatic carbocycles. The molecule has 4 N–H and O–H groups in total. The van der Waals surface area contributed by atoms with Gasteiger partial charge < -0.3 is 25.2 Å². The molecule has 302 valence electrons. The van der Waals surface area contributed by atoms with E-state index in [2.05, 4.69) is 19.2 Å². The number of phosphoric ester groups is 1. The van der Waals surface area contributed by atoms with E-state index >= 15 is 0 Å². The third-order valence-corrected chi connectivity index (χ3v) is 10.1. The largest absolute Gasteiger partial charge is 0.480 e. The predicted molar refractivity (Wildman–Crippen MR) is 204 cm³/mol. The molecule has 0 saturated heterocycles. The van der Waals surface area contributed by atoms with Crippen molar-refractivity contribution in [2.24, 2.45) is 0 Å². The van der Waals surface area contributed by atoms with Crippen LogP contribution >= 0.6 is 7.82 Å². The van der Waals surface area contributed by atoms with E-state index in [4.69, 9.17) is 13.8 Å². The third kappa shape index (κ3) is 35.3. The standard InChI is InChI=1S/C39H76NO10P/c1-3-5-7-9-11-12-13-14-15-16-17-18-19-20-21-22-23-24-25-26-28-30-37(42)40-36(39(44)45)34-50-51(46,47)49-33-35(41)32-48-38(43)31-29-27-10-8-6-4-2/h35-36,41H,3-34H2,1-2H3,(H,40,42)(H,44,45)(H,46,47). The number of amides is 1. The summed E-state index contributed by atoms with van der Waals surface area (Å²) in [7, 11) is -4.74. The summed E-state index contributed by atoms with van der Waals surface area (Å²) in [5.74, 6) is -2.37. The molecule has 3 unspecified atom stereocenters. The van der Waals surface area contributed by atoms with Crippen molar-refractivity contribution >= 4 is 25.7 Å². The molecule has 0 aliphatic rings. The Labute approximate surface area is 310 Å². The highest BCUT2D eigenvalue weighted by molar-refractivity contribution is 7.47. The summed E-state index contributed by atoms with van der Waals surface area (Å²) in [5.41, 5.74) is 0. The highest BCUT2D eigenvalue weighted by atomic mass is 31.2. The van der Waals surface area contributed by atoms with Crippen LogP contribution < -0.4 is 5.32 Å². The Morgan fingerprint density at radius 1 is 0.549 bits per heavy atom. The van der Waals surface area contributed by atoms with Crippen LogP contribution in [-0.4, -0.2) is 64.9 Å². The van der Waals surface area contributed by atoms with Crippen molar-refractivity contribution in [3.05, 3.63) is 0 Å². The molecular formula is C39H76NO10P. The molecule has 0 aromatic rings. The second kappa shape index (κ2) is 35.5. The topological polar surface area (TPSA) is 169 Å². The molecule has 12 heteroatoms. The molecule has 11 nitrogen and oxygen atoms in total. The van der Waals surface area contributed by atoms with Gasteiger partial charge in [0.15, 0.2) is 6.04 Å². The minimum atomic E-state index is -4.74. The van der Waals surface area contributed by atoms with E-state index in [1.165, 1.54) is 116 Å². The van der Waals surface area contributed by atoms with Crippen molar-refractivity contribution in [3.63, 3.8) is 0 Å². The zero-order valence-electron chi connectivity index (χ0n) is 32.4. The molecule has 0 aromatic heterocycles.